The van der Waals surface area contributed by atoms with Gasteiger partial charge in [-0.2, -0.15) is 0 Å². The van der Waals surface area contributed by atoms with E-state index < -0.39 is 5.97 Å². The van der Waals surface area contributed by atoms with Crippen LogP contribution in [0.1, 0.15) is 34.1 Å². The van der Waals surface area contributed by atoms with Crippen LogP contribution in [-0.2, 0) is 14.3 Å². The monoisotopic (exact) mass is 346 g/mol. The van der Waals surface area contributed by atoms with Gasteiger partial charge in [-0.05, 0) is 24.0 Å². The second-order valence-corrected chi connectivity index (χ2v) is 7.63. The number of nitrogens with zero attached hydrogens (tertiary/aromatic N) is 2. The largest absolute Gasteiger partial charge is 0.459 e. The van der Waals surface area contributed by atoms with Crippen LogP contribution < -0.4 is 4.90 Å². The summed E-state index contributed by atoms with van der Waals surface area (Å²) in [6.07, 6.45) is -0.503. The molecule has 0 aliphatic carbocycles. The number of hydrogen-bond acceptors (Lipinski definition) is 4. The van der Waals surface area contributed by atoms with Crippen LogP contribution in [0, 0.1) is 11.8 Å². The molecule has 138 valence electrons. The number of carbonyl (C=O) groups excluding carboxylic acids is 2. The zero-order valence-corrected chi connectivity index (χ0v) is 15.8. The van der Waals surface area contributed by atoms with Crippen molar-refractivity contribution in [2.45, 2.75) is 40.2 Å². The van der Waals surface area contributed by atoms with Crippen molar-refractivity contribution >= 4 is 17.6 Å². The van der Waals surface area contributed by atoms with Crippen LogP contribution in [0.3, 0.4) is 0 Å². The van der Waals surface area contributed by atoms with Gasteiger partial charge in [-0.1, -0.05) is 45.9 Å². The highest BCUT2D eigenvalue weighted by Gasteiger charge is 2.31. The first-order valence-electron chi connectivity index (χ1n) is 9.12. The Bertz CT molecular complexity index is 562. The lowest BCUT2D eigenvalue weighted by Crippen LogP contribution is -2.44. The summed E-state index contributed by atoms with van der Waals surface area (Å²) in [5.74, 6) is 0.444. The quantitative estimate of drug-likeness (QED) is 0.563. The van der Waals surface area contributed by atoms with Gasteiger partial charge in [0.1, 0.15) is 12.5 Å². The van der Waals surface area contributed by atoms with Gasteiger partial charge < -0.3 is 9.64 Å². The first-order chi connectivity index (χ1) is 11.8. The molecule has 1 saturated heterocycles. The molecule has 0 radical (unpaired) electrons. The minimum Gasteiger partial charge on any atom is -0.459 e. The molecule has 1 aromatic carbocycles. The third-order valence-corrected chi connectivity index (χ3v) is 4.06. The Kier molecular flexibility index (Phi) is 7.00. The molecule has 0 N–H and O–H groups in total. The fourth-order valence-electron chi connectivity index (χ4n) is 3.29. The summed E-state index contributed by atoms with van der Waals surface area (Å²) < 4.78 is 5.58. The summed E-state index contributed by atoms with van der Waals surface area (Å²) in [7, 11) is 0. The van der Waals surface area contributed by atoms with Gasteiger partial charge in [-0.25, -0.2) is 0 Å². The third-order valence-electron chi connectivity index (χ3n) is 4.06. The average Bonchev–Trinajstić information content (AvgIpc) is 2.64. The molecule has 1 aliphatic rings. The van der Waals surface area contributed by atoms with Crippen molar-refractivity contribution < 1.29 is 14.3 Å². The smallest absolute Gasteiger partial charge is 0.315 e. The van der Waals surface area contributed by atoms with Crippen molar-refractivity contribution in [1.82, 2.24) is 4.90 Å². The molecule has 0 spiro atoms. The van der Waals surface area contributed by atoms with Crippen LogP contribution in [0.5, 0.6) is 0 Å². The number of anilines is 1. The second-order valence-electron chi connectivity index (χ2n) is 7.63. The zero-order chi connectivity index (χ0) is 18.4. The van der Waals surface area contributed by atoms with E-state index in [1.807, 2.05) is 30.3 Å². The Labute approximate surface area is 150 Å². The van der Waals surface area contributed by atoms with Crippen molar-refractivity contribution in [3.8, 4) is 0 Å². The normalized spacial score (nSPS) is 18.8. The molecule has 1 atom stereocenters. The van der Waals surface area contributed by atoms with Crippen molar-refractivity contribution in [2.24, 2.45) is 11.8 Å². The van der Waals surface area contributed by atoms with Gasteiger partial charge in [0.25, 0.3) is 0 Å². The molecule has 1 aromatic rings. The van der Waals surface area contributed by atoms with E-state index >= 15 is 0 Å². The molecule has 1 heterocycles. The molecule has 2 rings (SSSR count). The number of amides is 1. The molecule has 1 aliphatic heterocycles. The molecule has 1 amide bonds. The van der Waals surface area contributed by atoms with Crippen LogP contribution in [-0.4, -0.2) is 49.1 Å². The van der Waals surface area contributed by atoms with E-state index in [4.69, 9.17) is 4.74 Å². The lowest BCUT2D eigenvalue weighted by molar-refractivity contribution is -0.149. The van der Waals surface area contributed by atoms with Gasteiger partial charge >= 0.3 is 5.97 Å². The molecule has 0 saturated carbocycles. The summed E-state index contributed by atoms with van der Waals surface area (Å²) >= 11 is 0. The van der Waals surface area contributed by atoms with Crippen LogP contribution >= 0.6 is 0 Å². The molecular formula is C20H30N2O3. The van der Waals surface area contributed by atoms with E-state index in [0.29, 0.717) is 24.9 Å². The zero-order valence-electron chi connectivity index (χ0n) is 15.8. The van der Waals surface area contributed by atoms with Gasteiger partial charge in [0, 0.05) is 25.3 Å². The maximum absolute atomic E-state index is 12.4. The number of hydrogen-bond donors (Lipinski definition) is 0. The summed E-state index contributed by atoms with van der Waals surface area (Å²) in [4.78, 5) is 28.5. The van der Waals surface area contributed by atoms with Gasteiger partial charge in [0.2, 0.25) is 5.91 Å². The lowest BCUT2D eigenvalue weighted by Gasteiger charge is -2.31. The van der Waals surface area contributed by atoms with Gasteiger partial charge in [0.05, 0.1) is 6.54 Å². The van der Waals surface area contributed by atoms with Crippen molar-refractivity contribution in [2.75, 3.05) is 31.1 Å². The Morgan fingerprint density at radius 3 is 2.24 bits per heavy atom. The number of benzene rings is 1. The SMILES string of the molecule is CC(C)CN(CC(C)C)CC1CN(c2ccccc2)C(=O)CC(=O)O1. The van der Waals surface area contributed by atoms with E-state index in [1.165, 1.54) is 0 Å². The van der Waals surface area contributed by atoms with Crippen LogP contribution in [0.25, 0.3) is 0 Å². The Balaban J connectivity index is 2.14. The van der Waals surface area contributed by atoms with Gasteiger partial charge in [0.15, 0.2) is 0 Å². The van der Waals surface area contributed by atoms with Gasteiger partial charge in [-0.15, -0.1) is 0 Å². The van der Waals surface area contributed by atoms with Crippen molar-refractivity contribution in [3.05, 3.63) is 30.3 Å². The molecule has 0 aromatic heterocycles. The predicted molar refractivity (Wildman–Crippen MR) is 99.4 cm³/mol. The molecule has 5 nitrogen and oxygen atoms in total. The van der Waals surface area contributed by atoms with Crippen LogP contribution in [0.2, 0.25) is 0 Å². The summed E-state index contributed by atoms with van der Waals surface area (Å²) in [6.45, 7) is 11.7. The van der Waals surface area contributed by atoms with Crippen LogP contribution in [0.4, 0.5) is 5.69 Å². The fourth-order valence-corrected chi connectivity index (χ4v) is 3.29. The second kappa shape index (κ2) is 8.99. The molecule has 0 bridgehead atoms. The maximum Gasteiger partial charge on any atom is 0.315 e. The number of esters is 1. The third kappa shape index (κ3) is 6.16. The summed E-state index contributed by atoms with van der Waals surface area (Å²) in [5, 5.41) is 0. The predicted octanol–water partition coefficient (Wildman–Crippen LogP) is 2.95. The Morgan fingerprint density at radius 2 is 1.68 bits per heavy atom. The van der Waals surface area contributed by atoms with Gasteiger partial charge in [-0.3, -0.25) is 14.5 Å². The highest BCUT2D eigenvalue weighted by molar-refractivity contribution is 6.04. The van der Waals surface area contributed by atoms with Crippen molar-refractivity contribution in [3.63, 3.8) is 0 Å². The number of para-hydroxylation sites is 1. The summed E-state index contributed by atoms with van der Waals surface area (Å²) in [5.41, 5.74) is 0.815. The van der Waals surface area contributed by atoms with E-state index in [1.54, 1.807) is 4.90 Å². The van der Waals surface area contributed by atoms with Crippen molar-refractivity contribution in [1.29, 1.82) is 0 Å². The molecule has 25 heavy (non-hydrogen) atoms. The maximum atomic E-state index is 12.4. The molecular weight excluding hydrogens is 316 g/mol. The first-order valence-corrected chi connectivity index (χ1v) is 9.12. The number of rotatable bonds is 7. The minimum atomic E-state index is -0.428. The number of ether oxygens (including phenoxy) is 1. The van der Waals surface area contributed by atoms with E-state index in [0.717, 1.165) is 18.8 Å². The highest BCUT2D eigenvalue weighted by atomic mass is 16.5. The summed E-state index contributed by atoms with van der Waals surface area (Å²) in [6, 6.07) is 9.50. The topological polar surface area (TPSA) is 49.9 Å². The minimum absolute atomic E-state index is 0.195. The average molecular weight is 346 g/mol. The van der Waals surface area contributed by atoms with E-state index in [2.05, 4.69) is 32.6 Å². The Morgan fingerprint density at radius 1 is 1.08 bits per heavy atom. The first kappa shape index (κ1) is 19.4. The fraction of sp³-hybridized carbons (Fsp3) is 0.600. The molecule has 1 unspecified atom stereocenters. The lowest BCUT2D eigenvalue weighted by atomic mass is 10.1. The number of carbonyl (C=O) groups is 2. The van der Waals surface area contributed by atoms with Crippen LogP contribution in [0.15, 0.2) is 30.3 Å². The van der Waals surface area contributed by atoms with E-state index in [-0.39, 0.29) is 18.4 Å². The molecule has 5 heteroatoms. The molecule has 1 fully saturated rings. The number of cyclic esters (lactones) is 1. The highest BCUT2D eigenvalue weighted by Crippen LogP contribution is 2.19. The van der Waals surface area contributed by atoms with E-state index in [9.17, 15) is 9.59 Å². The Hall–Kier alpha value is -1.88. The standard InChI is InChI=1S/C20H30N2O3/c1-15(2)11-21(12-16(3)4)13-18-14-22(17-8-6-5-7-9-17)19(23)10-20(24)25-18/h5-9,15-16,18H,10-14H2,1-4H3.